The zero-order chi connectivity index (χ0) is 18.0. The predicted molar refractivity (Wildman–Crippen MR) is 87.8 cm³/mol. The van der Waals surface area contributed by atoms with Gasteiger partial charge in [0.1, 0.15) is 5.69 Å². The molecule has 3 rings (SSSR count). The van der Waals surface area contributed by atoms with E-state index in [1.165, 1.54) is 6.07 Å². The van der Waals surface area contributed by atoms with Gasteiger partial charge in [0.2, 0.25) is 5.91 Å². The monoisotopic (exact) mass is 348 g/mol. The van der Waals surface area contributed by atoms with E-state index in [2.05, 4.69) is 4.98 Å². The van der Waals surface area contributed by atoms with Gasteiger partial charge < -0.3 is 4.90 Å². The van der Waals surface area contributed by atoms with Crippen LogP contribution in [0.2, 0.25) is 0 Å². The highest BCUT2D eigenvalue weighted by atomic mass is 19.4. The first-order valence-electron chi connectivity index (χ1n) is 8.18. The number of benzene rings is 1. The maximum atomic E-state index is 12.8. The third kappa shape index (κ3) is 4.00. The van der Waals surface area contributed by atoms with Gasteiger partial charge in [0.15, 0.2) is 0 Å². The maximum Gasteiger partial charge on any atom is 0.433 e. The Morgan fingerprint density at radius 1 is 1.08 bits per heavy atom. The van der Waals surface area contributed by atoms with E-state index in [0.29, 0.717) is 12.1 Å². The van der Waals surface area contributed by atoms with Gasteiger partial charge in [0.25, 0.3) is 0 Å². The molecule has 1 aromatic carbocycles. The number of alkyl halides is 3. The molecule has 1 saturated heterocycles. The van der Waals surface area contributed by atoms with Crippen molar-refractivity contribution in [2.45, 2.75) is 31.5 Å². The Kier molecular flexibility index (Phi) is 4.79. The van der Waals surface area contributed by atoms with Gasteiger partial charge in [-0.05, 0) is 30.5 Å². The molecule has 0 bridgehead atoms. The molecule has 0 spiro atoms. The van der Waals surface area contributed by atoms with E-state index in [9.17, 15) is 18.0 Å². The molecule has 3 nitrogen and oxygen atoms in total. The zero-order valence-corrected chi connectivity index (χ0v) is 13.8. The van der Waals surface area contributed by atoms with Crippen LogP contribution in [0.4, 0.5) is 13.2 Å². The number of halogens is 3. The Morgan fingerprint density at radius 2 is 1.80 bits per heavy atom. The molecule has 0 saturated carbocycles. The van der Waals surface area contributed by atoms with Crippen LogP contribution in [-0.2, 0) is 23.8 Å². The van der Waals surface area contributed by atoms with E-state index in [-0.39, 0.29) is 24.3 Å². The lowest BCUT2D eigenvalue weighted by Crippen LogP contribution is -2.31. The number of hydrogen-bond donors (Lipinski definition) is 0. The van der Waals surface area contributed by atoms with Gasteiger partial charge in [0.05, 0.1) is 0 Å². The first kappa shape index (κ1) is 17.5. The summed E-state index contributed by atoms with van der Waals surface area (Å²) in [5.74, 6) is -0.352. The van der Waals surface area contributed by atoms with Crippen molar-refractivity contribution in [2.75, 3.05) is 7.05 Å². The minimum Gasteiger partial charge on any atom is -0.342 e. The second kappa shape index (κ2) is 6.86. The van der Waals surface area contributed by atoms with Gasteiger partial charge in [-0.25, -0.2) is 4.98 Å². The Morgan fingerprint density at radius 3 is 2.48 bits per heavy atom. The molecule has 132 valence electrons. The number of rotatable bonds is 4. The highest BCUT2D eigenvalue weighted by Crippen LogP contribution is 2.30. The molecule has 1 unspecified atom stereocenters. The summed E-state index contributed by atoms with van der Waals surface area (Å²) in [7, 11) is 1.76. The molecule has 6 heteroatoms. The summed E-state index contributed by atoms with van der Waals surface area (Å²) in [5, 5.41) is 0. The molecule has 2 atom stereocenters. The number of nitrogens with zero attached hydrogens (tertiary/aromatic N) is 2. The van der Waals surface area contributed by atoms with E-state index in [4.69, 9.17) is 0 Å². The van der Waals surface area contributed by atoms with Gasteiger partial charge in [-0.3, -0.25) is 4.79 Å². The Balaban J connectivity index is 1.70. The summed E-state index contributed by atoms with van der Waals surface area (Å²) in [5.41, 5.74) is 0.538. The molecular formula is C19H19F3N2O. The molecule has 25 heavy (non-hydrogen) atoms. The third-order valence-electron chi connectivity index (χ3n) is 4.67. The van der Waals surface area contributed by atoms with Gasteiger partial charge in [0, 0.05) is 31.1 Å². The molecule has 1 aliphatic rings. The van der Waals surface area contributed by atoms with Crippen LogP contribution in [0.15, 0.2) is 48.5 Å². The average Bonchev–Trinajstić information content (AvgIpc) is 2.83. The molecular weight excluding hydrogens is 329 g/mol. The largest absolute Gasteiger partial charge is 0.433 e. The van der Waals surface area contributed by atoms with Crippen molar-refractivity contribution in [3.8, 4) is 0 Å². The lowest BCUT2D eigenvalue weighted by molar-refractivity contribution is -0.141. The van der Waals surface area contributed by atoms with Crippen molar-refractivity contribution in [1.29, 1.82) is 0 Å². The van der Waals surface area contributed by atoms with Crippen molar-refractivity contribution in [3.05, 3.63) is 65.5 Å². The first-order chi connectivity index (χ1) is 11.8. The Labute approximate surface area is 144 Å². The summed E-state index contributed by atoms with van der Waals surface area (Å²) >= 11 is 0. The predicted octanol–water partition coefficient (Wildman–Crippen LogP) is 3.73. The summed E-state index contributed by atoms with van der Waals surface area (Å²) in [6.45, 7) is 0. The van der Waals surface area contributed by atoms with Crippen molar-refractivity contribution < 1.29 is 18.0 Å². The number of aromatic nitrogens is 1. The average molecular weight is 348 g/mol. The van der Waals surface area contributed by atoms with E-state index in [1.54, 1.807) is 18.0 Å². The van der Waals surface area contributed by atoms with Crippen LogP contribution in [0.1, 0.15) is 23.4 Å². The number of pyridine rings is 1. The smallest absolute Gasteiger partial charge is 0.342 e. The molecule has 0 radical (unpaired) electrons. The van der Waals surface area contributed by atoms with Crippen LogP contribution < -0.4 is 0 Å². The second-order valence-electron chi connectivity index (χ2n) is 6.44. The quantitative estimate of drug-likeness (QED) is 0.843. The number of hydrogen-bond acceptors (Lipinski definition) is 2. The van der Waals surface area contributed by atoms with Gasteiger partial charge in [-0.2, -0.15) is 13.2 Å². The molecule has 2 heterocycles. The summed E-state index contributed by atoms with van der Waals surface area (Å²) in [6, 6.07) is 13.8. The van der Waals surface area contributed by atoms with E-state index >= 15 is 0 Å². The SMILES string of the molecule is CN1C(=O)C(Cc2cccc(C(F)(F)F)n2)C[C@@H]1Cc1ccccc1. The van der Waals surface area contributed by atoms with Crippen molar-refractivity contribution >= 4 is 5.91 Å². The molecule has 0 aliphatic carbocycles. The van der Waals surface area contributed by atoms with Crippen LogP contribution in [0, 0.1) is 5.92 Å². The first-order valence-corrected chi connectivity index (χ1v) is 8.18. The molecule has 1 aromatic heterocycles. The zero-order valence-electron chi connectivity index (χ0n) is 13.8. The molecule has 0 N–H and O–H groups in total. The molecule has 2 aromatic rings. The van der Waals surface area contributed by atoms with Gasteiger partial charge in [-0.1, -0.05) is 36.4 Å². The molecule has 1 aliphatic heterocycles. The number of carbonyl (C=O) groups excluding carboxylic acids is 1. The van der Waals surface area contributed by atoms with Crippen molar-refractivity contribution in [2.24, 2.45) is 5.92 Å². The fraction of sp³-hybridized carbons (Fsp3) is 0.368. The Hall–Kier alpha value is -2.37. The summed E-state index contributed by atoms with van der Waals surface area (Å²) < 4.78 is 38.4. The minimum absolute atomic E-state index is 0.0276. The summed E-state index contributed by atoms with van der Waals surface area (Å²) in [4.78, 5) is 17.9. The van der Waals surface area contributed by atoms with E-state index < -0.39 is 11.9 Å². The van der Waals surface area contributed by atoms with Crippen LogP contribution in [-0.4, -0.2) is 28.9 Å². The van der Waals surface area contributed by atoms with Crippen LogP contribution in [0.5, 0.6) is 0 Å². The van der Waals surface area contributed by atoms with Gasteiger partial charge >= 0.3 is 6.18 Å². The highest BCUT2D eigenvalue weighted by Gasteiger charge is 2.38. The molecule has 1 fully saturated rings. The van der Waals surface area contributed by atoms with E-state index in [0.717, 1.165) is 18.1 Å². The topological polar surface area (TPSA) is 33.2 Å². The summed E-state index contributed by atoms with van der Waals surface area (Å²) in [6.07, 6.45) is -2.86. The standard InChI is InChI=1S/C19H19F3N2O/c1-24-16(10-13-6-3-2-4-7-13)12-14(18(24)25)11-15-8-5-9-17(23-15)19(20,21)22/h2-9,14,16H,10-12H2,1H3/t14?,16-/m0/s1. The second-order valence-corrected chi connectivity index (χ2v) is 6.44. The lowest BCUT2D eigenvalue weighted by Gasteiger charge is -2.19. The fourth-order valence-electron chi connectivity index (χ4n) is 3.34. The number of amides is 1. The van der Waals surface area contributed by atoms with Crippen LogP contribution >= 0.6 is 0 Å². The number of likely N-dealkylation sites (N-methyl/N-ethyl adjacent to an activating group) is 1. The van der Waals surface area contributed by atoms with E-state index in [1.807, 2.05) is 30.3 Å². The van der Waals surface area contributed by atoms with Crippen LogP contribution in [0.3, 0.4) is 0 Å². The highest BCUT2D eigenvalue weighted by molar-refractivity contribution is 5.81. The fourth-order valence-corrected chi connectivity index (χ4v) is 3.34. The van der Waals surface area contributed by atoms with Crippen molar-refractivity contribution in [1.82, 2.24) is 9.88 Å². The number of likely N-dealkylation sites (tertiary alicyclic amines) is 1. The lowest BCUT2D eigenvalue weighted by atomic mass is 9.96. The Bertz CT molecular complexity index is 746. The normalized spacial score (nSPS) is 21.0. The maximum absolute atomic E-state index is 12.8. The van der Waals surface area contributed by atoms with Gasteiger partial charge in [-0.15, -0.1) is 0 Å². The molecule has 1 amide bonds. The van der Waals surface area contributed by atoms with Crippen LogP contribution in [0.25, 0.3) is 0 Å². The number of carbonyl (C=O) groups is 1. The minimum atomic E-state index is -4.47. The third-order valence-corrected chi connectivity index (χ3v) is 4.67. The van der Waals surface area contributed by atoms with Crippen molar-refractivity contribution in [3.63, 3.8) is 0 Å².